The SMILES string of the molecule is CCOc1ccccc1Nc1nc(C)cc(C(=O)NC2CCCCC2)n1. The number of anilines is 2. The van der Waals surface area contributed by atoms with Crippen LogP contribution in [0.15, 0.2) is 30.3 Å². The average Bonchev–Trinajstić information content (AvgIpc) is 2.64. The zero-order chi connectivity index (χ0) is 18.4. The minimum Gasteiger partial charge on any atom is -0.492 e. The highest BCUT2D eigenvalue weighted by Crippen LogP contribution is 2.26. The van der Waals surface area contributed by atoms with Crippen LogP contribution in [0.3, 0.4) is 0 Å². The lowest BCUT2D eigenvalue weighted by atomic mass is 9.95. The van der Waals surface area contributed by atoms with Crippen molar-refractivity contribution in [2.45, 2.75) is 52.0 Å². The fourth-order valence-electron chi connectivity index (χ4n) is 3.22. The van der Waals surface area contributed by atoms with Gasteiger partial charge in [0.25, 0.3) is 5.91 Å². The maximum absolute atomic E-state index is 12.6. The molecule has 1 fully saturated rings. The highest BCUT2D eigenvalue weighted by molar-refractivity contribution is 5.93. The first kappa shape index (κ1) is 18.2. The van der Waals surface area contributed by atoms with Crippen molar-refractivity contribution >= 4 is 17.5 Å². The van der Waals surface area contributed by atoms with Gasteiger partial charge in [0.1, 0.15) is 11.4 Å². The second-order valence-corrected chi connectivity index (χ2v) is 6.58. The number of para-hydroxylation sites is 2. The molecular formula is C20H26N4O2. The van der Waals surface area contributed by atoms with Crippen LogP contribution in [0.1, 0.15) is 55.2 Å². The van der Waals surface area contributed by atoms with Gasteiger partial charge in [-0.3, -0.25) is 4.79 Å². The molecule has 138 valence electrons. The lowest BCUT2D eigenvalue weighted by Gasteiger charge is -2.22. The van der Waals surface area contributed by atoms with Crippen molar-refractivity contribution in [1.82, 2.24) is 15.3 Å². The number of amides is 1. The Morgan fingerprint density at radius 2 is 1.96 bits per heavy atom. The predicted octanol–water partition coefficient (Wildman–Crippen LogP) is 3.99. The third-order valence-corrected chi connectivity index (χ3v) is 4.46. The van der Waals surface area contributed by atoms with Crippen LogP contribution in [0.4, 0.5) is 11.6 Å². The van der Waals surface area contributed by atoms with E-state index in [4.69, 9.17) is 4.74 Å². The molecule has 1 heterocycles. The third kappa shape index (κ3) is 4.71. The smallest absolute Gasteiger partial charge is 0.270 e. The van der Waals surface area contributed by atoms with Gasteiger partial charge in [-0.2, -0.15) is 0 Å². The number of nitrogens with zero attached hydrogens (tertiary/aromatic N) is 2. The topological polar surface area (TPSA) is 76.1 Å². The van der Waals surface area contributed by atoms with Crippen molar-refractivity contribution in [2.24, 2.45) is 0 Å². The summed E-state index contributed by atoms with van der Waals surface area (Å²) in [6, 6.07) is 9.59. The molecule has 1 aliphatic carbocycles. The molecule has 0 saturated heterocycles. The Morgan fingerprint density at radius 3 is 2.73 bits per heavy atom. The molecule has 1 aliphatic rings. The molecule has 6 heteroatoms. The molecule has 1 aromatic heterocycles. The lowest BCUT2D eigenvalue weighted by molar-refractivity contribution is 0.0922. The van der Waals surface area contributed by atoms with Crippen LogP contribution >= 0.6 is 0 Å². The fourth-order valence-corrected chi connectivity index (χ4v) is 3.22. The number of ether oxygens (including phenoxy) is 1. The summed E-state index contributed by atoms with van der Waals surface area (Å²) >= 11 is 0. The van der Waals surface area contributed by atoms with Gasteiger partial charge in [-0.1, -0.05) is 31.4 Å². The predicted molar refractivity (Wildman–Crippen MR) is 102 cm³/mol. The van der Waals surface area contributed by atoms with E-state index in [1.807, 2.05) is 38.1 Å². The standard InChI is InChI=1S/C20H26N4O2/c1-3-26-18-12-8-7-11-16(18)23-20-21-14(2)13-17(24-20)19(25)22-15-9-5-4-6-10-15/h7-8,11-13,15H,3-6,9-10H2,1-2H3,(H,22,25)(H,21,23,24). The number of carbonyl (C=O) groups excluding carboxylic acids is 1. The molecule has 1 aromatic carbocycles. The summed E-state index contributed by atoms with van der Waals surface area (Å²) in [5.74, 6) is 0.989. The van der Waals surface area contributed by atoms with Crippen molar-refractivity contribution in [2.75, 3.05) is 11.9 Å². The van der Waals surface area contributed by atoms with Gasteiger partial charge in [-0.15, -0.1) is 0 Å². The Morgan fingerprint density at radius 1 is 1.19 bits per heavy atom. The van der Waals surface area contributed by atoms with E-state index in [-0.39, 0.29) is 11.9 Å². The molecular weight excluding hydrogens is 328 g/mol. The number of benzene rings is 1. The van der Waals surface area contributed by atoms with E-state index in [1.165, 1.54) is 19.3 Å². The van der Waals surface area contributed by atoms with Gasteiger partial charge in [-0.25, -0.2) is 9.97 Å². The zero-order valence-corrected chi connectivity index (χ0v) is 15.4. The molecule has 1 amide bonds. The minimum absolute atomic E-state index is 0.136. The average molecular weight is 354 g/mol. The van der Waals surface area contributed by atoms with Crippen molar-refractivity contribution in [3.63, 3.8) is 0 Å². The molecule has 0 unspecified atom stereocenters. The number of rotatable bonds is 6. The first-order valence-electron chi connectivity index (χ1n) is 9.31. The van der Waals surface area contributed by atoms with Gasteiger partial charge in [0.2, 0.25) is 5.95 Å². The van der Waals surface area contributed by atoms with Crippen molar-refractivity contribution in [3.05, 3.63) is 41.7 Å². The molecule has 1 saturated carbocycles. The molecule has 0 spiro atoms. The summed E-state index contributed by atoms with van der Waals surface area (Å²) < 4.78 is 5.62. The normalized spacial score (nSPS) is 14.7. The second kappa shape index (κ2) is 8.65. The van der Waals surface area contributed by atoms with E-state index < -0.39 is 0 Å². The van der Waals surface area contributed by atoms with Gasteiger partial charge in [0.15, 0.2) is 0 Å². The van der Waals surface area contributed by atoms with Crippen LogP contribution in [0.25, 0.3) is 0 Å². The van der Waals surface area contributed by atoms with E-state index in [0.29, 0.717) is 18.2 Å². The number of aromatic nitrogens is 2. The molecule has 6 nitrogen and oxygen atoms in total. The van der Waals surface area contributed by atoms with Crippen LogP contribution < -0.4 is 15.4 Å². The lowest BCUT2D eigenvalue weighted by Crippen LogP contribution is -2.36. The maximum atomic E-state index is 12.6. The Balaban J connectivity index is 1.76. The van der Waals surface area contributed by atoms with Crippen LogP contribution in [0.5, 0.6) is 5.75 Å². The Hall–Kier alpha value is -2.63. The van der Waals surface area contributed by atoms with Crippen LogP contribution in [0.2, 0.25) is 0 Å². The molecule has 2 aromatic rings. The Kier molecular flexibility index (Phi) is 6.04. The number of hydrogen-bond donors (Lipinski definition) is 2. The van der Waals surface area contributed by atoms with Crippen molar-refractivity contribution in [1.29, 1.82) is 0 Å². The van der Waals surface area contributed by atoms with Crippen LogP contribution in [-0.2, 0) is 0 Å². The van der Waals surface area contributed by atoms with Crippen LogP contribution in [0, 0.1) is 6.92 Å². The molecule has 0 radical (unpaired) electrons. The number of aryl methyl sites for hydroxylation is 1. The van der Waals surface area contributed by atoms with E-state index >= 15 is 0 Å². The maximum Gasteiger partial charge on any atom is 0.270 e. The number of nitrogens with one attached hydrogen (secondary N) is 2. The fraction of sp³-hybridized carbons (Fsp3) is 0.450. The molecule has 2 N–H and O–H groups in total. The van der Waals surface area contributed by atoms with Gasteiger partial charge in [-0.05, 0) is 44.9 Å². The molecule has 0 atom stereocenters. The quantitative estimate of drug-likeness (QED) is 0.820. The molecule has 26 heavy (non-hydrogen) atoms. The summed E-state index contributed by atoms with van der Waals surface area (Å²) in [5, 5.41) is 6.27. The first-order valence-corrected chi connectivity index (χ1v) is 9.31. The van der Waals surface area contributed by atoms with Gasteiger partial charge < -0.3 is 15.4 Å². The van der Waals surface area contributed by atoms with Gasteiger partial charge in [0, 0.05) is 11.7 Å². The third-order valence-electron chi connectivity index (χ3n) is 4.46. The summed E-state index contributed by atoms with van der Waals surface area (Å²) in [6.45, 7) is 4.37. The summed E-state index contributed by atoms with van der Waals surface area (Å²) in [7, 11) is 0. The number of hydrogen-bond acceptors (Lipinski definition) is 5. The van der Waals surface area contributed by atoms with Crippen LogP contribution in [-0.4, -0.2) is 28.5 Å². The van der Waals surface area contributed by atoms with E-state index in [2.05, 4.69) is 20.6 Å². The second-order valence-electron chi connectivity index (χ2n) is 6.58. The molecule has 0 bridgehead atoms. The molecule has 3 rings (SSSR count). The highest BCUT2D eigenvalue weighted by Gasteiger charge is 2.18. The molecule has 0 aliphatic heterocycles. The van der Waals surface area contributed by atoms with E-state index in [1.54, 1.807) is 6.07 Å². The minimum atomic E-state index is -0.136. The highest BCUT2D eigenvalue weighted by atomic mass is 16.5. The largest absolute Gasteiger partial charge is 0.492 e. The summed E-state index contributed by atoms with van der Waals surface area (Å²) in [4.78, 5) is 21.4. The number of carbonyl (C=O) groups is 1. The van der Waals surface area contributed by atoms with E-state index in [0.717, 1.165) is 30.0 Å². The van der Waals surface area contributed by atoms with Gasteiger partial charge in [0.05, 0.1) is 12.3 Å². The van der Waals surface area contributed by atoms with Crippen molar-refractivity contribution in [3.8, 4) is 5.75 Å². The van der Waals surface area contributed by atoms with E-state index in [9.17, 15) is 4.79 Å². The monoisotopic (exact) mass is 354 g/mol. The van der Waals surface area contributed by atoms with Crippen molar-refractivity contribution < 1.29 is 9.53 Å². The summed E-state index contributed by atoms with van der Waals surface area (Å²) in [6.07, 6.45) is 5.70. The Labute approximate surface area is 154 Å². The first-order chi connectivity index (χ1) is 12.7. The Bertz CT molecular complexity index is 757. The summed E-state index contributed by atoms with van der Waals surface area (Å²) in [5.41, 5.74) is 1.91. The van der Waals surface area contributed by atoms with Gasteiger partial charge >= 0.3 is 0 Å². The zero-order valence-electron chi connectivity index (χ0n) is 15.4.